The molecular formula is C16H22ClN. The second kappa shape index (κ2) is 4.62. The van der Waals surface area contributed by atoms with E-state index >= 15 is 0 Å². The van der Waals surface area contributed by atoms with Gasteiger partial charge in [-0.1, -0.05) is 39.0 Å². The van der Waals surface area contributed by atoms with Gasteiger partial charge in [-0.15, -0.1) is 0 Å². The normalized spacial score (nSPS) is 16.8. The quantitative estimate of drug-likeness (QED) is 0.757. The van der Waals surface area contributed by atoms with Crippen LogP contribution in [0.1, 0.15) is 50.7 Å². The van der Waals surface area contributed by atoms with Crippen molar-refractivity contribution in [2.45, 2.75) is 46.5 Å². The van der Waals surface area contributed by atoms with Gasteiger partial charge in [0, 0.05) is 11.1 Å². The monoisotopic (exact) mass is 263 g/mol. The van der Waals surface area contributed by atoms with E-state index in [1.807, 2.05) is 0 Å². The molecule has 0 saturated heterocycles. The van der Waals surface area contributed by atoms with E-state index in [2.05, 4.69) is 51.7 Å². The molecule has 1 nitrogen and oxygen atoms in total. The van der Waals surface area contributed by atoms with Crippen LogP contribution in [-0.2, 0) is 0 Å². The van der Waals surface area contributed by atoms with Gasteiger partial charge in [0.15, 0.2) is 0 Å². The zero-order valence-electron chi connectivity index (χ0n) is 11.7. The Hall–Kier alpha value is -0.950. The average molecular weight is 264 g/mol. The van der Waals surface area contributed by atoms with E-state index in [4.69, 9.17) is 11.6 Å². The van der Waals surface area contributed by atoms with Crippen LogP contribution in [0.15, 0.2) is 24.4 Å². The SMILES string of the molecule is C=C(Nc1cc(C)c(C(C)C)cc1Cl)C1(C)CC1. The summed E-state index contributed by atoms with van der Waals surface area (Å²) in [6.07, 6.45) is 2.44. The molecule has 0 radical (unpaired) electrons. The molecule has 0 unspecified atom stereocenters. The summed E-state index contributed by atoms with van der Waals surface area (Å²) in [6.45, 7) is 12.9. The van der Waals surface area contributed by atoms with E-state index in [1.165, 1.54) is 24.0 Å². The summed E-state index contributed by atoms with van der Waals surface area (Å²) in [4.78, 5) is 0. The van der Waals surface area contributed by atoms with Crippen molar-refractivity contribution in [3.63, 3.8) is 0 Å². The zero-order chi connectivity index (χ0) is 13.5. The van der Waals surface area contributed by atoms with E-state index in [1.54, 1.807) is 0 Å². The van der Waals surface area contributed by atoms with Crippen LogP contribution < -0.4 is 5.32 Å². The summed E-state index contributed by atoms with van der Waals surface area (Å²) < 4.78 is 0. The molecular weight excluding hydrogens is 242 g/mol. The van der Waals surface area contributed by atoms with Gasteiger partial charge in [0.2, 0.25) is 0 Å². The number of rotatable bonds is 4. The predicted molar refractivity (Wildman–Crippen MR) is 80.4 cm³/mol. The van der Waals surface area contributed by atoms with E-state index in [9.17, 15) is 0 Å². The van der Waals surface area contributed by atoms with Crippen LogP contribution in [0, 0.1) is 12.3 Å². The highest BCUT2D eigenvalue weighted by Gasteiger charge is 2.40. The van der Waals surface area contributed by atoms with Gasteiger partial charge in [0.1, 0.15) is 0 Å². The Kier molecular flexibility index (Phi) is 3.46. The van der Waals surface area contributed by atoms with Crippen molar-refractivity contribution in [3.8, 4) is 0 Å². The van der Waals surface area contributed by atoms with Gasteiger partial charge in [-0.2, -0.15) is 0 Å². The van der Waals surface area contributed by atoms with Gasteiger partial charge in [0.25, 0.3) is 0 Å². The van der Waals surface area contributed by atoms with Gasteiger partial charge in [-0.05, 0) is 48.9 Å². The van der Waals surface area contributed by atoms with Crippen LogP contribution in [0.25, 0.3) is 0 Å². The molecule has 0 spiro atoms. The van der Waals surface area contributed by atoms with Crippen molar-refractivity contribution in [1.82, 2.24) is 0 Å². The molecule has 2 rings (SSSR count). The molecule has 1 aromatic carbocycles. The number of aryl methyl sites for hydroxylation is 1. The third-order valence-corrected chi connectivity index (χ3v) is 4.30. The van der Waals surface area contributed by atoms with Gasteiger partial charge in [-0.3, -0.25) is 0 Å². The van der Waals surface area contributed by atoms with E-state index < -0.39 is 0 Å². The molecule has 1 aliphatic rings. The number of anilines is 1. The Morgan fingerprint density at radius 3 is 2.50 bits per heavy atom. The summed E-state index contributed by atoms with van der Waals surface area (Å²) in [5.74, 6) is 0.501. The molecule has 2 heteroatoms. The summed E-state index contributed by atoms with van der Waals surface area (Å²) in [5, 5.41) is 4.18. The Morgan fingerprint density at radius 1 is 1.39 bits per heavy atom. The first-order valence-corrected chi connectivity index (χ1v) is 6.98. The van der Waals surface area contributed by atoms with Gasteiger partial charge >= 0.3 is 0 Å². The lowest BCUT2D eigenvalue weighted by molar-refractivity contribution is 0.697. The fourth-order valence-corrected chi connectivity index (χ4v) is 2.44. The molecule has 1 aromatic rings. The fraction of sp³-hybridized carbons (Fsp3) is 0.500. The number of hydrogen-bond donors (Lipinski definition) is 1. The third-order valence-electron chi connectivity index (χ3n) is 3.99. The van der Waals surface area contributed by atoms with Crippen LogP contribution in [0.5, 0.6) is 0 Å². The largest absolute Gasteiger partial charge is 0.358 e. The number of benzene rings is 1. The summed E-state index contributed by atoms with van der Waals surface area (Å²) in [7, 11) is 0. The van der Waals surface area contributed by atoms with Crippen molar-refractivity contribution in [2.24, 2.45) is 5.41 Å². The molecule has 0 heterocycles. The van der Waals surface area contributed by atoms with E-state index in [-0.39, 0.29) is 5.41 Å². The summed E-state index contributed by atoms with van der Waals surface area (Å²) >= 11 is 6.36. The maximum absolute atomic E-state index is 6.36. The maximum atomic E-state index is 6.36. The number of allylic oxidation sites excluding steroid dienone is 1. The Balaban J connectivity index is 2.24. The molecule has 98 valence electrons. The van der Waals surface area contributed by atoms with Crippen LogP contribution in [0.3, 0.4) is 0 Å². The fourth-order valence-electron chi connectivity index (χ4n) is 2.22. The first-order valence-electron chi connectivity index (χ1n) is 6.60. The van der Waals surface area contributed by atoms with Crippen molar-refractivity contribution in [3.05, 3.63) is 40.6 Å². The van der Waals surface area contributed by atoms with E-state index in [0.29, 0.717) is 5.92 Å². The van der Waals surface area contributed by atoms with Crippen molar-refractivity contribution in [2.75, 3.05) is 5.32 Å². The minimum Gasteiger partial charge on any atom is -0.358 e. The van der Waals surface area contributed by atoms with E-state index in [0.717, 1.165) is 16.4 Å². The van der Waals surface area contributed by atoms with Crippen LogP contribution in [-0.4, -0.2) is 0 Å². The van der Waals surface area contributed by atoms with Crippen molar-refractivity contribution >= 4 is 17.3 Å². The average Bonchev–Trinajstić information content (AvgIpc) is 3.02. The number of nitrogens with one attached hydrogen (secondary N) is 1. The molecule has 18 heavy (non-hydrogen) atoms. The summed E-state index contributed by atoms with van der Waals surface area (Å²) in [6, 6.07) is 4.21. The van der Waals surface area contributed by atoms with Crippen molar-refractivity contribution in [1.29, 1.82) is 0 Å². The molecule has 0 atom stereocenters. The number of halogens is 1. The Bertz CT molecular complexity index is 484. The standard InChI is InChI=1S/C16H22ClN/c1-10(2)13-9-14(17)15(8-11(13)3)18-12(4)16(5)6-7-16/h8-10,18H,4,6-7H2,1-3,5H3. The first kappa shape index (κ1) is 13.5. The van der Waals surface area contributed by atoms with Crippen LogP contribution in [0.4, 0.5) is 5.69 Å². The van der Waals surface area contributed by atoms with Crippen molar-refractivity contribution < 1.29 is 0 Å². The molecule has 0 bridgehead atoms. The van der Waals surface area contributed by atoms with Gasteiger partial charge < -0.3 is 5.32 Å². The van der Waals surface area contributed by atoms with Gasteiger partial charge in [-0.25, -0.2) is 0 Å². The molecule has 1 N–H and O–H groups in total. The zero-order valence-corrected chi connectivity index (χ0v) is 12.5. The van der Waals surface area contributed by atoms with Crippen LogP contribution >= 0.6 is 11.6 Å². The highest BCUT2D eigenvalue weighted by Crippen LogP contribution is 2.51. The molecule has 0 aliphatic heterocycles. The smallest absolute Gasteiger partial charge is 0.0643 e. The highest BCUT2D eigenvalue weighted by molar-refractivity contribution is 6.33. The molecule has 1 fully saturated rings. The number of hydrogen-bond acceptors (Lipinski definition) is 1. The molecule has 0 amide bonds. The third kappa shape index (κ3) is 2.56. The first-order chi connectivity index (χ1) is 8.33. The second-order valence-corrected chi connectivity index (χ2v) is 6.41. The molecule has 1 saturated carbocycles. The van der Waals surface area contributed by atoms with Crippen LogP contribution in [0.2, 0.25) is 5.02 Å². The minimum absolute atomic E-state index is 0.272. The molecule has 0 aromatic heterocycles. The summed E-state index contributed by atoms with van der Waals surface area (Å²) in [5.41, 5.74) is 4.94. The Morgan fingerprint density at radius 2 is 2.00 bits per heavy atom. The van der Waals surface area contributed by atoms with Gasteiger partial charge in [0.05, 0.1) is 10.7 Å². The lowest BCUT2D eigenvalue weighted by Crippen LogP contribution is -2.09. The minimum atomic E-state index is 0.272. The predicted octanol–water partition coefficient (Wildman–Crippen LogP) is 5.50. The lowest BCUT2D eigenvalue weighted by atomic mass is 9.97. The topological polar surface area (TPSA) is 12.0 Å². The maximum Gasteiger partial charge on any atom is 0.0643 e. The second-order valence-electron chi connectivity index (χ2n) is 6.01. The Labute approximate surface area is 115 Å². The molecule has 1 aliphatic carbocycles. The lowest BCUT2D eigenvalue weighted by Gasteiger charge is -2.19. The highest BCUT2D eigenvalue weighted by atomic mass is 35.5.